The van der Waals surface area contributed by atoms with E-state index in [4.69, 9.17) is 0 Å². The summed E-state index contributed by atoms with van der Waals surface area (Å²) in [4.78, 5) is 13.0. The Kier molecular flexibility index (Phi) is 4.37. The third-order valence-electron chi connectivity index (χ3n) is 2.79. The summed E-state index contributed by atoms with van der Waals surface area (Å²) < 4.78 is 35.5. The average Bonchev–Trinajstić information content (AvgIpc) is 2.15. The number of carbonyl (C=O) groups is 1. The molecule has 0 bridgehead atoms. The number of halogens is 3. The molecular weight excluding hydrogens is 237 g/mol. The van der Waals surface area contributed by atoms with E-state index in [0.717, 1.165) is 0 Å². The van der Waals surface area contributed by atoms with Gasteiger partial charge in [-0.1, -0.05) is 0 Å². The first-order valence-corrected chi connectivity index (χ1v) is 5.47. The highest BCUT2D eigenvalue weighted by atomic mass is 19.4. The summed E-state index contributed by atoms with van der Waals surface area (Å²) in [5.74, 6) is -0.357. The van der Waals surface area contributed by atoms with Crippen molar-refractivity contribution in [1.82, 2.24) is 10.2 Å². The number of carbonyl (C=O) groups excluding carboxylic acids is 1. The normalized spacial score (nSPS) is 20.4. The van der Waals surface area contributed by atoms with Crippen molar-refractivity contribution in [3.63, 3.8) is 0 Å². The molecule has 1 rings (SSSR count). The van der Waals surface area contributed by atoms with E-state index in [2.05, 4.69) is 5.32 Å². The van der Waals surface area contributed by atoms with E-state index in [1.54, 1.807) is 6.92 Å². The van der Waals surface area contributed by atoms with Crippen LogP contribution < -0.4 is 5.32 Å². The van der Waals surface area contributed by atoms with Gasteiger partial charge in [-0.2, -0.15) is 13.2 Å². The zero-order valence-electron chi connectivity index (χ0n) is 9.68. The maximum atomic E-state index is 11.8. The van der Waals surface area contributed by atoms with E-state index >= 15 is 0 Å². The van der Waals surface area contributed by atoms with Gasteiger partial charge in [-0.15, -0.1) is 0 Å². The molecule has 7 heteroatoms. The predicted octanol–water partition coefficient (Wildman–Crippen LogP) is 0.512. The molecule has 1 fully saturated rings. The molecule has 0 unspecified atom stereocenters. The van der Waals surface area contributed by atoms with Gasteiger partial charge in [-0.05, 0) is 19.8 Å². The van der Waals surface area contributed by atoms with Crippen LogP contribution in [0, 0.1) is 0 Å². The molecule has 2 N–H and O–H groups in total. The molecule has 0 atom stereocenters. The molecule has 0 saturated carbocycles. The Hall–Kier alpha value is -0.820. The summed E-state index contributed by atoms with van der Waals surface area (Å²) in [6.45, 7) is 0.988. The van der Waals surface area contributed by atoms with Crippen molar-refractivity contribution < 1.29 is 23.1 Å². The lowest BCUT2D eigenvalue weighted by molar-refractivity contribution is -0.137. The number of rotatable bonds is 3. The first-order valence-electron chi connectivity index (χ1n) is 5.47. The van der Waals surface area contributed by atoms with Gasteiger partial charge < -0.3 is 15.3 Å². The van der Waals surface area contributed by atoms with Crippen LogP contribution in [0.5, 0.6) is 0 Å². The summed E-state index contributed by atoms with van der Waals surface area (Å²) >= 11 is 0. The lowest BCUT2D eigenvalue weighted by atomic mass is 9.94. The molecule has 1 amide bonds. The summed E-state index contributed by atoms with van der Waals surface area (Å²) in [5, 5.41) is 11.7. The van der Waals surface area contributed by atoms with Crippen LogP contribution in [-0.4, -0.2) is 53.9 Å². The molecule has 1 aliphatic rings. The van der Waals surface area contributed by atoms with Crippen LogP contribution in [0.15, 0.2) is 0 Å². The van der Waals surface area contributed by atoms with E-state index < -0.39 is 18.3 Å². The predicted molar refractivity (Wildman–Crippen MR) is 55.4 cm³/mol. The summed E-state index contributed by atoms with van der Waals surface area (Å²) in [7, 11) is 0. The van der Waals surface area contributed by atoms with E-state index in [1.165, 1.54) is 4.90 Å². The Morgan fingerprint density at radius 2 is 1.94 bits per heavy atom. The molecule has 0 radical (unpaired) electrons. The molecule has 4 nitrogen and oxygen atoms in total. The van der Waals surface area contributed by atoms with Gasteiger partial charge in [0, 0.05) is 13.1 Å². The van der Waals surface area contributed by atoms with Gasteiger partial charge in [0.2, 0.25) is 5.91 Å². The molecule has 0 aromatic carbocycles. The van der Waals surface area contributed by atoms with Crippen LogP contribution in [0.4, 0.5) is 13.2 Å². The van der Waals surface area contributed by atoms with Gasteiger partial charge in [-0.3, -0.25) is 4.79 Å². The van der Waals surface area contributed by atoms with Crippen molar-refractivity contribution in [2.75, 3.05) is 26.2 Å². The summed E-state index contributed by atoms with van der Waals surface area (Å²) in [5.41, 5.74) is -0.768. The molecule has 1 saturated heterocycles. The lowest BCUT2D eigenvalue weighted by Gasteiger charge is -2.35. The van der Waals surface area contributed by atoms with E-state index in [0.29, 0.717) is 25.9 Å². The van der Waals surface area contributed by atoms with Crippen molar-refractivity contribution in [3.05, 3.63) is 0 Å². The van der Waals surface area contributed by atoms with Crippen LogP contribution >= 0.6 is 0 Å². The fraction of sp³-hybridized carbons (Fsp3) is 0.900. The minimum Gasteiger partial charge on any atom is -0.390 e. The highest BCUT2D eigenvalue weighted by molar-refractivity contribution is 5.78. The van der Waals surface area contributed by atoms with Crippen LogP contribution in [0.3, 0.4) is 0 Å². The molecular formula is C10H17F3N2O2. The second kappa shape index (κ2) is 5.22. The molecule has 0 aromatic rings. The minimum atomic E-state index is -4.30. The number of aliphatic hydroxyl groups is 1. The van der Waals surface area contributed by atoms with Gasteiger partial charge >= 0.3 is 6.18 Å². The Labute approximate surface area is 97.8 Å². The number of nitrogens with one attached hydrogen (secondary N) is 1. The minimum absolute atomic E-state index is 0.318. The van der Waals surface area contributed by atoms with Crippen LogP contribution in [0.2, 0.25) is 0 Å². The van der Waals surface area contributed by atoms with Crippen molar-refractivity contribution in [3.8, 4) is 0 Å². The quantitative estimate of drug-likeness (QED) is 0.771. The number of piperidine rings is 1. The summed E-state index contributed by atoms with van der Waals surface area (Å²) in [6.07, 6.45) is -3.39. The van der Waals surface area contributed by atoms with Crippen molar-refractivity contribution in [1.29, 1.82) is 0 Å². The monoisotopic (exact) mass is 254 g/mol. The molecule has 17 heavy (non-hydrogen) atoms. The molecule has 0 aliphatic carbocycles. The number of hydrogen-bond acceptors (Lipinski definition) is 3. The number of likely N-dealkylation sites (tertiary alicyclic amines) is 1. The first kappa shape index (κ1) is 14.2. The van der Waals surface area contributed by atoms with Gasteiger partial charge in [-0.25, -0.2) is 0 Å². The van der Waals surface area contributed by atoms with Crippen LogP contribution in [-0.2, 0) is 4.79 Å². The van der Waals surface area contributed by atoms with E-state index in [1.807, 2.05) is 0 Å². The molecule has 0 spiro atoms. The fourth-order valence-electron chi connectivity index (χ4n) is 1.66. The molecule has 1 aliphatic heterocycles. The van der Waals surface area contributed by atoms with Crippen molar-refractivity contribution >= 4 is 5.91 Å². The largest absolute Gasteiger partial charge is 0.401 e. The van der Waals surface area contributed by atoms with Crippen molar-refractivity contribution in [2.24, 2.45) is 0 Å². The van der Waals surface area contributed by atoms with Gasteiger partial charge in [0.15, 0.2) is 0 Å². The van der Waals surface area contributed by atoms with Gasteiger partial charge in [0.05, 0.1) is 18.7 Å². The average molecular weight is 254 g/mol. The van der Waals surface area contributed by atoms with E-state index in [9.17, 15) is 23.1 Å². The SMILES string of the molecule is CC1(O)CCN(C(=O)CNCC(F)(F)F)CC1. The number of nitrogens with zero attached hydrogens (tertiary/aromatic N) is 1. The highest BCUT2D eigenvalue weighted by Crippen LogP contribution is 2.20. The first-order chi connectivity index (χ1) is 7.70. The number of amides is 1. The van der Waals surface area contributed by atoms with Gasteiger partial charge in [0.25, 0.3) is 0 Å². The Morgan fingerprint density at radius 1 is 1.41 bits per heavy atom. The second-order valence-corrected chi connectivity index (χ2v) is 4.60. The Bertz CT molecular complexity index is 269. The van der Waals surface area contributed by atoms with Gasteiger partial charge in [0.1, 0.15) is 0 Å². The fourth-order valence-corrected chi connectivity index (χ4v) is 1.66. The lowest BCUT2D eigenvalue weighted by Crippen LogP contribution is -2.48. The Balaban J connectivity index is 2.25. The smallest absolute Gasteiger partial charge is 0.390 e. The zero-order chi connectivity index (χ0) is 13.1. The second-order valence-electron chi connectivity index (χ2n) is 4.60. The maximum absolute atomic E-state index is 11.8. The van der Waals surface area contributed by atoms with Crippen LogP contribution in [0.1, 0.15) is 19.8 Å². The zero-order valence-corrected chi connectivity index (χ0v) is 9.68. The molecule has 1 heterocycles. The van der Waals surface area contributed by atoms with Crippen LogP contribution in [0.25, 0.3) is 0 Å². The standard InChI is InChI=1S/C10H17F3N2O2/c1-9(17)2-4-15(5-3-9)8(16)6-14-7-10(11,12)13/h14,17H,2-7H2,1H3. The number of hydrogen-bond donors (Lipinski definition) is 2. The number of alkyl halides is 3. The third-order valence-corrected chi connectivity index (χ3v) is 2.79. The molecule has 100 valence electrons. The summed E-state index contributed by atoms with van der Waals surface area (Å²) in [6, 6.07) is 0. The van der Waals surface area contributed by atoms with Crippen molar-refractivity contribution in [2.45, 2.75) is 31.5 Å². The van der Waals surface area contributed by atoms with E-state index in [-0.39, 0.29) is 12.5 Å². The highest BCUT2D eigenvalue weighted by Gasteiger charge is 2.30. The Morgan fingerprint density at radius 3 is 2.41 bits per heavy atom. The maximum Gasteiger partial charge on any atom is 0.401 e. The molecule has 0 aromatic heterocycles. The topological polar surface area (TPSA) is 52.6 Å². The third kappa shape index (κ3) is 5.36.